The van der Waals surface area contributed by atoms with E-state index in [0.717, 1.165) is 32.0 Å². The Labute approximate surface area is 437 Å². The zero-order chi connectivity index (χ0) is 54.7. The number of aliphatic hydroxyl groups excluding tert-OH is 13. The van der Waals surface area contributed by atoms with Crippen LogP contribution < -0.4 is 0 Å². The van der Waals surface area contributed by atoms with Crippen molar-refractivity contribution < 1.29 is 109 Å². The maximum Gasteiger partial charge on any atom is 0.187 e. The average Bonchev–Trinajstić information content (AvgIpc) is 3.37. The van der Waals surface area contributed by atoms with E-state index < -0.39 is 170 Å². The van der Waals surface area contributed by atoms with Crippen molar-refractivity contribution in [1.82, 2.24) is 0 Å². The first kappa shape index (κ1) is 58.2. The highest BCUT2D eigenvalue weighted by molar-refractivity contribution is 5.61. The average molecular weight is 1080 g/mol. The van der Waals surface area contributed by atoms with Crippen molar-refractivity contribution in [3.05, 3.63) is 11.6 Å². The molecule has 0 aromatic heterocycles. The van der Waals surface area contributed by atoms with E-state index in [2.05, 4.69) is 47.6 Å². The number of hydrogen-bond donors (Lipinski definition) is 13. The van der Waals surface area contributed by atoms with Gasteiger partial charge in [-0.3, -0.25) is 0 Å². The molecule has 4 saturated carbocycles. The van der Waals surface area contributed by atoms with E-state index in [-0.39, 0.29) is 35.2 Å². The molecular formula is C53H86O22. The molecule has 4 heterocycles. The van der Waals surface area contributed by atoms with Crippen molar-refractivity contribution in [2.24, 2.45) is 50.2 Å². The van der Waals surface area contributed by atoms with Crippen LogP contribution in [0.2, 0.25) is 0 Å². The molecule has 22 nitrogen and oxygen atoms in total. The zero-order valence-corrected chi connectivity index (χ0v) is 44.2. The summed E-state index contributed by atoms with van der Waals surface area (Å²) in [5.74, 6) is -0.193. The first-order valence-electron chi connectivity index (χ1n) is 27.2. The predicted octanol–water partition coefficient (Wildman–Crippen LogP) is -1.75. The van der Waals surface area contributed by atoms with E-state index in [1.165, 1.54) is 5.57 Å². The fourth-order valence-electron chi connectivity index (χ4n) is 16.2. The minimum atomic E-state index is -1.86. The monoisotopic (exact) mass is 1070 g/mol. The second-order valence-corrected chi connectivity index (χ2v) is 25.8. The van der Waals surface area contributed by atoms with Gasteiger partial charge in [0.2, 0.25) is 0 Å². The summed E-state index contributed by atoms with van der Waals surface area (Å²) in [5.41, 5.74) is -1.66. The molecule has 0 unspecified atom stereocenters. The van der Waals surface area contributed by atoms with Crippen LogP contribution >= 0.6 is 0 Å². The lowest BCUT2D eigenvalue weighted by molar-refractivity contribution is -0.377. The Bertz CT molecular complexity index is 2050. The second kappa shape index (κ2) is 21.2. The van der Waals surface area contributed by atoms with Crippen molar-refractivity contribution in [3.63, 3.8) is 0 Å². The minimum absolute atomic E-state index is 0.0211. The van der Waals surface area contributed by atoms with Crippen molar-refractivity contribution in [1.29, 1.82) is 0 Å². The number of carbonyl (C=O) groups is 1. The van der Waals surface area contributed by atoms with Crippen LogP contribution in [0.1, 0.15) is 106 Å². The Hall–Kier alpha value is -1.43. The standard InChI is InChI=1S/C53H86O22/c1-48(2)14-15-49(3)24(16-48)23-8-9-30-50(4)12-11-31(72-46-43(39(65)36(62)27(19-55)70-46)75-45-41(67)37(63)34(60)26(18-54)69-45)51(5,22-57)29(50)10-13-52(30,6)53(23,7)17-32(49)73-47-42(38(64)35(61)28(20-56)71-47)74-44-40(66)33(59)25(58)21-68-44/h8,22,24-47,54-56,58-67H,9-21H2,1-7H3/t24-,25+,26-,27-,28-,29+,30-,31+,32+,33+,34+,35-,36-,37+,38+,39+,40-,41-,42-,43-,44+,45+,46+,47+,49+,50+,51+,52-,53-/m1/s1. The van der Waals surface area contributed by atoms with Gasteiger partial charge in [-0.05, 0) is 97.2 Å². The molecule has 4 aliphatic heterocycles. The van der Waals surface area contributed by atoms with Gasteiger partial charge in [0, 0.05) is 5.41 Å². The topological polar surface area (TPSA) is 354 Å². The predicted molar refractivity (Wildman–Crippen MR) is 257 cm³/mol. The molecule has 5 aliphatic carbocycles. The van der Waals surface area contributed by atoms with E-state index in [0.29, 0.717) is 32.1 Å². The molecule has 4 saturated heterocycles. The smallest absolute Gasteiger partial charge is 0.187 e. The summed E-state index contributed by atoms with van der Waals surface area (Å²) in [4.78, 5) is 13.9. The summed E-state index contributed by atoms with van der Waals surface area (Å²) >= 11 is 0. The van der Waals surface area contributed by atoms with Gasteiger partial charge in [-0.15, -0.1) is 0 Å². The van der Waals surface area contributed by atoms with Gasteiger partial charge >= 0.3 is 0 Å². The maximum atomic E-state index is 13.9. The molecule has 22 heteroatoms. The van der Waals surface area contributed by atoms with E-state index in [1.807, 2.05) is 6.92 Å². The van der Waals surface area contributed by atoms with Crippen LogP contribution in [-0.4, -0.2) is 228 Å². The molecule has 0 radical (unpaired) electrons. The second-order valence-electron chi connectivity index (χ2n) is 25.8. The number of aliphatic hydroxyl groups is 13. The first-order chi connectivity index (χ1) is 35.2. The number of fused-ring (bicyclic) bond motifs is 7. The summed E-state index contributed by atoms with van der Waals surface area (Å²) in [5, 5.41) is 139. The summed E-state index contributed by atoms with van der Waals surface area (Å²) in [6.07, 6.45) is -22.1. The van der Waals surface area contributed by atoms with Crippen LogP contribution in [0.15, 0.2) is 11.6 Å². The summed E-state index contributed by atoms with van der Waals surface area (Å²) in [7, 11) is 0. The van der Waals surface area contributed by atoms with Gasteiger partial charge in [0.25, 0.3) is 0 Å². The molecule has 430 valence electrons. The largest absolute Gasteiger partial charge is 0.394 e. The fraction of sp³-hybridized carbons (Fsp3) is 0.943. The zero-order valence-electron chi connectivity index (χ0n) is 44.2. The van der Waals surface area contributed by atoms with Crippen LogP contribution in [0, 0.1) is 50.2 Å². The summed E-state index contributed by atoms with van der Waals surface area (Å²) in [6, 6.07) is 0. The summed E-state index contributed by atoms with van der Waals surface area (Å²) < 4.78 is 49.6. The van der Waals surface area contributed by atoms with Crippen LogP contribution in [0.3, 0.4) is 0 Å². The van der Waals surface area contributed by atoms with Crippen LogP contribution in [0.4, 0.5) is 0 Å². The molecule has 9 rings (SSSR count). The van der Waals surface area contributed by atoms with Crippen molar-refractivity contribution in [2.45, 2.75) is 235 Å². The van der Waals surface area contributed by atoms with E-state index >= 15 is 0 Å². The molecule has 0 bridgehead atoms. The van der Waals surface area contributed by atoms with Gasteiger partial charge in [-0.25, -0.2) is 0 Å². The Morgan fingerprint density at radius 3 is 1.65 bits per heavy atom. The van der Waals surface area contributed by atoms with Crippen molar-refractivity contribution in [3.8, 4) is 0 Å². The Morgan fingerprint density at radius 1 is 0.547 bits per heavy atom. The van der Waals surface area contributed by atoms with Crippen LogP contribution in [0.5, 0.6) is 0 Å². The lowest BCUT2D eigenvalue weighted by Gasteiger charge is -2.72. The molecule has 75 heavy (non-hydrogen) atoms. The Morgan fingerprint density at radius 2 is 1.08 bits per heavy atom. The van der Waals surface area contributed by atoms with Gasteiger partial charge in [0.05, 0.1) is 44.1 Å². The van der Waals surface area contributed by atoms with E-state index in [4.69, 9.17) is 37.9 Å². The number of ether oxygens (including phenoxy) is 8. The van der Waals surface area contributed by atoms with E-state index in [9.17, 15) is 71.2 Å². The lowest BCUT2D eigenvalue weighted by atomic mass is 9.33. The van der Waals surface area contributed by atoms with Crippen LogP contribution in [0.25, 0.3) is 0 Å². The number of rotatable bonds is 12. The number of carbonyl (C=O) groups excluding carboxylic acids is 1. The molecule has 8 fully saturated rings. The third-order valence-electron chi connectivity index (χ3n) is 21.2. The highest BCUT2D eigenvalue weighted by Gasteiger charge is 2.71. The van der Waals surface area contributed by atoms with Gasteiger partial charge in [0.15, 0.2) is 25.2 Å². The first-order valence-corrected chi connectivity index (χ1v) is 27.2. The number of hydrogen-bond acceptors (Lipinski definition) is 22. The Kier molecular flexibility index (Phi) is 16.4. The SMILES string of the molecule is CC1(C)CC[C@]2(C)[C@@H](O[C@@H]3O[C@H](CO)[C@@H](O)[C@H](O)[C@H]3O[C@@H]3OC[C@H](O)[C@H](O)[C@H]3O)C[C@]3(C)C(=CC[C@@H]4[C@@]5(C)CC[C@H](O[C@@H]6O[C@H](CO)[C@@H](O)[C@H](O)[C@H]6O[C@@H]6O[C@H](CO)[C@H](O)[C@H](O)[C@H]6O)[C@@](C)(C=O)[C@H]5CC[C@]43C)[C@H]2C1. The highest BCUT2D eigenvalue weighted by Crippen LogP contribution is 2.76. The molecule has 0 aromatic rings. The van der Waals surface area contributed by atoms with Gasteiger partial charge in [-0.1, -0.05) is 60.1 Å². The molecular weight excluding hydrogens is 989 g/mol. The van der Waals surface area contributed by atoms with Crippen molar-refractivity contribution in [2.75, 3.05) is 26.4 Å². The van der Waals surface area contributed by atoms with Crippen molar-refractivity contribution >= 4 is 6.29 Å². The third-order valence-corrected chi connectivity index (χ3v) is 21.2. The van der Waals surface area contributed by atoms with Crippen LogP contribution in [-0.2, 0) is 42.7 Å². The molecule has 0 aromatic carbocycles. The van der Waals surface area contributed by atoms with Gasteiger partial charge in [-0.2, -0.15) is 0 Å². The van der Waals surface area contributed by atoms with Gasteiger partial charge < -0.3 is 109 Å². The Balaban J connectivity index is 1.01. The molecule has 0 spiro atoms. The normalized spacial score (nSPS) is 55.9. The maximum absolute atomic E-state index is 13.9. The number of aldehydes is 1. The van der Waals surface area contributed by atoms with Gasteiger partial charge in [0.1, 0.15) is 97.8 Å². The lowest BCUT2D eigenvalue weighted by Crippen LogP contribution is -2.68. The molecule has 9 aliphatic rings. The third kappa shape index (κ3) is 9.45. The molecule has 0 amide bonds. The summed E-state index contributed by atoms with van der Waals surface area (Å²) in [6.45, 7) is 13.1. The molecule has 29 atom stereocenters. The minimum Gasteiger partial charge on any atom is -0.394 e. The van der Waals surface area contributed by atoms with E-state index in [1.54, 1.807) is 0 Å². The molecule has 13 N–H and O–H groups in total. The fourth-order valence-corrected chi connectivity index (χ4v) is 16.2. The highest BCUT2D eigenvalue weighted by atomic mass is 16.8. The quantitative estimate of drug-likeness (QED) is 0.0586. The number of allylic oxidation sites excluding steroid dienone is 2.